The Bertz CT molecular complexity index is 921. The third kappa shape index (κ3) is 8.30. The van der Waals surface area contributed by atoms with E-state index < -0.39 is 6.04 Å². The van der Waals surface area contributed by atoms with Crippen LogP contribution in [0.1, 0.15) is 69.4 Å². The summed E-state index contributed by atoms with van der Waals surface area (Å²) in [4.78, 5) is 28.4. The van der Waals surface area contributed by atoms with Gasteiger partial charge in [-0.1, -0.05) is 56.0 Å². The fourth-order valence-corrected chi connectivity index (χ4v) is 4.58. The molecule has 0 spiro atoms. The molecule has 2 aromatic rings. The molecule has 0 aliphatic heterocycles. The third-order valence-corrected chi connectivity index (χ3v) is 6.67. The van der Waals surface area contributed by atoms with Gasteiger partial charge in [0.25, 0.3) is 0 Å². The van der Waals surface area contributed by atoms with Crippen molar-refractivity contribution in [1.82, 2.24) is 10.2 Å². The molecule has 0 saturated heterocycles. The Morgan fingerprint density at radius 2 is 1.66 bits per heavy atom. The Labute approximate surface area is 210 Å². The molecule has 2 aromatic carbocycles. The molecule has 1 aliphatic rings. The molecule has 0 heterocycles. The van der Waals surface area contributed by atoms with Crippen LogP contribution in [0.3, 0.4) is 0 Å². The lowest BCUT2D eigenvalue weighted by atomic mass is 9.95. The summed E-state index contributed by atoms with van der Waals surface area (Å²) in [5, 5.41) is 3.23. The van der Waals surface area contributed by atoms with Gasteiger partial charge in [-0.05, 0) is 62.4 Å². The van der Waals surface area contributed by atoms with Crippen LogP contribution in [-0.4, -0.2) is 42.5 Å². The molecule has 1 aliphatic carbocycles. The van der Waals surface area contributed by atoms with E-state index in [0.717, 1.165) is 42.7 Å². The van der Waals surface area contributed by atoms with Gasteiger partial charge in [-0.2, -0.15) is 0 Å². The lowest BCUT2D eigenvalue weighted by molar-refractivity contribution is -0.142. The minimum Gasteiger partial charge on any atom is -0.497 e. The molecule has 0 radical (unpaired) electrons. The van der Waals surface area contributed by atoms with Crippen LogP contribution in [0.4, 0.5) is 0 Å². The van der Waals surface area contributed by atoms with E-state index in [1.807, 2.05) is 62.4 Å². The van der Waals surface area contributed by atoms with Gasteiger partial charge in [-0.15, -0.1) is 0 Å². The van der Waals surface area contributed by atoms with Gasteiger partial charge < -0.3 is 19.7 Å². The van der Waals surface area contributed by atoms with E-state index in [1.165, 1.54) is 12.0 Å². The van der Waals surface area contributed by atoms with Crippen molar-refractivity contribution in [1.29, 1.82) is 0 Å². The highest BCUT2D eigenvalue weighted by Gasteiger charge is 2.30. The average molecular weight is 481 g/mol. The number of rotatable bonds is 12. The molecule has 1 fully saturated rings. The van der Waals surface area contributed by atoms with Crippen LogP contribution in [0.25, 0.3) is 0 Å². The summed E-state index contributed by atoms with van der Waals surface area (Å²) in [5.41, 5.74) is 2.15. The Kier molecular flexibility index (Phi) is 10.5. The van der Waals surface area contributed by atoms with Gasteiger partial charge in [0.2, 0.25) is 11.8 Å². The minimum absolute atomic E-state index is 0.0287. The van der Waals surface area contributed by atoms with Crippen molar-refractivity contribution in [3.8, 4) is 11.5 Å². The molecule has 6 nitrogen and oxygen atoms in total. The first-order valence-electron chi connectivity index (χ1n) is 12.9. The van der Waals surface area contributed by atoms with Crippen molar-refractivity contribution in [2.24, 2.45) is 0 Å². The number of methoxy groups -OCH3 is 1. The summed E-state index contributed by atoms with van der Waals surface area (Å²) >= 11 is 0. The molecular weight excluding hydrogens is 440 g/mol. The third-order valence-electron chi connectivity index (χ3n) is 6.67. The van der Waals surface area contributed by atoms with E-state index >= 15 is 0 Å². The van der Waals surface area contributed by atoms with Crippen LogP contribution in [-0.2, 0) is 16.1 Å². The number of hydrogen-bond acceptors (Lipinski definition) is 4. The Hall–Kier alpha value is -3.02. The fourth-order valence-electron chi connectivity index (χ4n) is 4.58. The summed E-state index contributed by atoms with van der Waals surface area (Å²) in [6.07, 6.45) is 7.06. The second-order valence-electron chi connectivity index (χ2n) is 9.40. The molecule has 1 atom stereocenters. The first-order chi connectivity index (χ1) is 17.0. The van der Waals surface area contributed by atoms with Crippen molar-refractivity contribution in [2.75, 3.05) is 13.7 Å². The van der Waals surface area contributed by atoms with E-state index in [0.29, 0.717) is 32.4 Å². The Balaban J connectivity index is 1.65. The smallest absolute Gasteiger partial charge is 0.243 e. The van der Waals surface area contributed by atoms with Crippen molar-refractivity contribution in [3.05, 3.63) is 59.7 Å². The second kappa shape index (κ2) is 13.8. The number of hydrogen-bond donors (Lipinski definition) is 1. The SMILES string of the molecule is CCC(C(=O)NC1CCCCC1)N(Cc1ccc(OC)cc1)C(=O)CCCOc1ccc(C)cc1. The highest BCUT2D eigenvalue weighted by Crippen LogP contribution is 2.20. The van der Waals surface area contributed by atoms with Crippen LogP contribution in [0.5, 0.6) is 11.5 Å². The second-order valence-corrected chi connectivity index (χ2v) is 9.40. The number of nitrogens with zero attached hydrogens (tertiary/aromatic N) is 1. The van der Waals surface area contributed by atoms with Gasteiger partial charge >= 0.3 is 0 Å². The summed E-state index contributed by atoms with van der Waals surface area (Å²) < 4.78 is 11.1. The lowest BCUT2D eigenvalue weighted by Gasteiger charge is -2.33. The van der Waals surface area contributed by atoms with Gasteiger partial charge in [0.15, 0.2) is 0 Å². The number of ether oxygens (including phenoxy) is 2. The monoisotopic (exact) mass is 480 g/mol. The number of aryl methyl sites for hydroxylation is 1. The van der Waals surface area contributed by atoms with Gasteiger partial charge in [-0.25, -0.2) is 0 Å². The van der Waals surface area contributed by atoms with Gasteiger partial charge in [-0.3, -0.25) is 9.59 Å². The van der Waals surface area contributed by atoms with Crippen LogP contribution >= 0.6 is 0 Å². The fraction of sp³-hybridized carbons (Fsp3) is 0.517. The maximum atomic E-state index is 13.4. The molecule has 0 bridgehead atoms. The molecule has 1 N–H and O–H groups in total. The van der Waals surface area contributed by atoms with E-state index in [4.69, 9.17) is 9.47 Å². The average Bonchev–Trinajstić information content (AvgIpc) is 2.88. The molecular formula is C29H40N2O4. The number of carbonyl (C=O) groups is 2. The molecule has 35 heavy (non-hydrogen) atoms. The minimum atomic E-state index is -0.496. The van der Waals surface area contributed by atoms with Crippen LogP contribution in [0, 0.1) is 6.92 Å². The normalized spacial score (nSPS) is 14.7. The highest BCUT2D eigenvalue weighted by atomic mass is 16.5. The predicted molar refractivity (Wildman–Crippen MR) is 139 cm³/mol. The molecule has 2 amide bonds. The number of nitrogens with one attached hydrogen (secondary N) is 1. The van der Waals surface area contributed by atoms with E-state index in [-0.39, 0.29) is 17.9 Å². The molecule has 1 saturated carbocycles. The molecule has 0 aromatic heterocycles. The summed E-state index contributed by atoms with van der Waals surface area (Å²) in [7, 11) is 1.63. The largest absolute Gasteiger partial charge is 0.497 e. The molecule has 3 rings (SSSR count). The summed E-state index contributed by atoms with van der Waals surface area (Å²) in [5.74, 6) is 1.49. The number of benzene rings is 2. The van der Waals surface area contributed by atoms with Crippen LogP contribution in [0.15, 0.2) is 48.5 Å². The first-order valence-corrected chi connectivity index (χ1v) is 12.9. The topological polar surface area (TPSA) is 67.9 Å². The number of carbonyl (C=O) groups excluding carboxylic acids is 2. The standard InChI is InChI=1S/C29H40N2O4/c1-4-27(29(33)30-24-9-6-5-7-10-24)31(21-23-14-18-25(34-3)19-15-23)28(32)11-8-20-35-26-16-12-22(2)13-17-26/h12-19,24,27H,4-11,20-21H2,1-3H3,(H,30,33). The predicted octanol–water partition coefficient (Wildman–Crippen LogP) is 5.42. The summed E-state index contributed by atoms with van der Waals surface area (Å²) in [6, 6.07) is 15.3. The van der Waals surface area contributed by atoms with Crippen LogP contribution in [0.2, 0.25) is 0 Å². The first kappa shape index (κ1) is 26.6. The maximum Gasteiger partial charge on any atom is 0.243 e. The van der Waals surface area contributed by atoms with Crippen molar-refractivity contribution >= 4 is 11.8 Å². The van der Waals surface area contributed by atoms with Crippen molar-refractivity contribution in [3.63, 3.8) is 0 Å². The zero-order chi connectivity index (χ0) is 25.0. The number of amides is 2. The Morgan fingerprint density at radius 1 is 1.00 bits per heavy atom. The van der Waals surface area contributed by atoms with Gasteiger partial charge in [0, 0.05) is 19.0 Å². The molecule has 6 heteroatoms. The Morgan fingerprint density at radius 3 is 2.29 bits per heavy atom. The zero-order valence-corrected chi connectivity index (χ0v) is 21.4. The van der Waals surface area contributed by atoms with E-state index in [1.54, 1.807) is 12.0 Å². The van der Waals surface area contributed by atoms with E-state index in [2.05, 4.69) is 5.32 Å². The highest BCUT2D eigenvalue weighted by molar-refractivity contribution is 5.87. The van der Waals surface area contributed by atoms with Gasteiger partial charge in [0.1, 0.15) is 17.5 Å². The van der Waals surface area contributed by atoms with Crippen molar-refractivity contribution in [2.45, 2.75) is 83.8 Å². The summed E-state index contributed by atoms with van der Waals surface area (Å²) in [6.45, 7) is 4.85. The molecule has 1 unspecified atom stereocenters. The zero-order valence-electron chi connectivity index (χ0n) is 21.4. The van der Waals surface area contributed by atoms with E-state index in [9.17, 15) is 9.59 Å². The van der Waals surface area contributed by atoms with Crippen molar-refractivity contribution < 1.29 is 19.1 Å². The van der Waals surface area contributed by atoms with Crippen LogP contribution < -0.4 is 14.8 Å². The quantitative estimate of drug-likeness (QED) is 0.412. The van der Waals surface area contributed by atoms with Gasteiger partial charge in [0.05, 0.1) is 13.7 Å². The molecule has 190 valence electrons. The maximum absolute atomic E-state index is 13.4. The lowest BCUT2D eigenvalue weighted by Crippen LogP contribution is -2.51.